The summed E-state index contributed by atoms with van der Waals surface area (Å²) in [5, 5.41) is 9.11. The predicted molar refractivity (Wildman–Crippen MR) is 95.4 cm³/mol. The minimum absolute atomic E-state index is 0.0351. The Bertz CT molecular complexity index is 403. The van der Waals surface area contributed by atoms with Crippen LogP contribution in [0.2, 0.25) is 0 Å². The van der Waals surface area contributed by atoms with Gasteiger partial charge in [0.2, 0.25) is 0 Å². The molecule has 1 heterocycles. The number of carboxylic acid groups (broad SMARTS) is 1. The second-order valence-corrected chi connectivity index (χ2v) is 7.17. The van der Waals surface area contributed by atoms with Gasteiger partial charge in [-0.25, -0.2) is 0 Å². The van der Waals surface area contributed by atoms with Gasteiger partial charge in [-0.3, -0.25) is 19.4 Å². The lowest BCUT2D eigenvalue weighted by atomic mass is 10.1. The Morgan fingerprint density at radius 2 is 1.17 bits per heavy atom. The first-order valence-electron chi connectivity index (χ1n) is 8.84. The summed E-state index contributed by atoms with van der Waals surface area (Å²) >= 11 is 0. The van der Waals surface area contributed by atoms with Crippen LogP contribution in [-0.2, 0) is 9.59 Å². The Morgan fingerprint density at radius 3 is 1.58 bits per heavy atom. The number of rotatable bonds is 5. The van der Waals surface area contributed by atoms with Gasteiger partial charge in [0.1, 0.15) is 5.78 Å². The Balaban J connectivity index is 2.71. The normalized spacial score (nSPS) is 21.4. The summed E-state index contributed by atoms with van der Waals surface area (Å²) in [6.45, 7) is 11.0. The fraction of sp³-hybridized carbons (Fsp3) is 0.882. The molecule has 7 heteroatoms. The van der Waals surface area contributed by atoms with Crippen molar-refractivity contribution in [1.82, 2.24) is 19.6 Å². The van der Waals surface area contributed by atoms with Crippen molar-refractivity contribution in [3.8, 4) is 0 Å². The number of aliphatic carboxylic acids is 1. The van der Waals surface area contributed by atoms with Gasteiger partial charge in [0, 0.05) is 58.3 Å². The fourth-order valence-corrected chi connectivity index (χ4v) is 2.61. The molecule has 1 aliphatic rings. The van der Waals surface area contributed by atoms with Crippen molar-refractivity contribution in [2.45, 2.75) is 13.8 Å². The van der Waals surface area contributed by atoms with E-state index in [1.165, 1.54) is 0 Å². The number of hydrogen-bond acceptors (Lipinski definition) is 6. The quantitative estimate of drug-likeness (QED) is 0.741. The molecule has 1 aliphatic heterocycles. The van der Waals surface area contributed by atoms with E-state index in [1.54, 1.807) is 0 Å². The zero-order valence-corrected chi connectivity index (χ0v) is 15.7. The monoisotopic (exact) mass is 342 g/mol. The van der Waals surface area contributed by atoms with Crippen LogP contribution in [-0.4, -0.2) is 116 Å². The Morgan fingerprint density at radius 1 is 0.792 bits per heavy atom. The van der Waals surface area contributed by atoms with E-state index in [4.69, 9.17) is 5.11 Å². The number of likely N-dealkylation sites (N-methyl/N-ethyl adjacent to an activating group) is 2. The fourth-order valence-electron chi connectivity index (χ4n) is 2.61. The van der Waals surface area contributed by atoms with Crippen molar-refractivity contribution in [3.63, 3.8) is 0 Å². The van der Waals surface area contributed by atoms with Crippen LogP contribution >= 0.6 is 0 Å². The molecule has 0 aromatic rings. The van der Waals surface area contributed by atoms with Crippen LogP contribution in [0.1, 0.15) is 13.8 Å². The molecule has 0 spiro atoms. The van der Waals surface area contributed by atoms with Crippen LogP contribution < -0.4 is 0 Å². The van der Waals surface area contributed by atoms with Gasteiger partial charge >= 0.3 is 5.97 Å². The van der Waals surface area contributed by atoms with Crippen molar-refractivity contribution in [1.29, 1.82) is 0 Å². The van der Waals surface area contributed by atoms with E-state index in [2.05, 4.69) is 28.8 Å². The van der Waals surface area contributed by atoms with Crippen LogP contribution in [0.15, 0.2) is 0 Å². The van der Waals surface area contributed by atoms with Crippen molar-refractivity contribution in [2.75, 3.05) is 79.5 Å². The highest BCUT2D eigenvalue weighted by Crippen LogP contribution is 2.02. The molecular formula is C17H34N4O3. The summed E-state index contributed by atoms with van der Waals surface area (Å²) in [5.74, 6) is -0.517. The summed E-state index contributed by atoms with van der Waals surface area (Å²) in [6, 6.07) is 0. The van der Waals surface area contributed by atoms with E-state index >= 15 is 0 Å². The summed E-state index contributed by atoms with van der Waals surface area (Å²) < 4.78 is 0. The van der Waals surface area contributed by atoms with Crippen molar-refractivity contribution in [2.24, 2.45) is 5.92 Å². The van der Waals surface area contributed by atoms with Crippen LogP contribution in [0.3, 0.4) is 0 Å². The van der Waals surface area contributed by atoms with E-state index in [0.717, 1.165) is 45.8 Å². The van der Waals surface area contributed by atoms with E-state index in [1.807, 2.05) is 18.7 Å². The van der Waals surface area contributed by atoms with Gasteiger partial charge in [-0.1, -0.05) is 13.8 Å². The van der Waals surface area contributed by atoms with E-state index in [-0.39, 0.29) is 18.2 Å². The lowest BCUT2D eigenvalue weighted by molar-refractivity contribution is -0.138. The van der Waals surface area contributed by atoms with E-state index < -0.39 is 5.97 Å². The summed E-state index contributed by atoms with van der Waals surface area (Å²) in [5.41, 5.74) is 0. The Labute approximate surface area is 146 Å². The van der Waals surface area contributed by atoms with E-state index in [9.17, 15) is 9.59 Å². The number of hydrogen-bond donors (Lipinski definition) is 1. The average Bonchev–Trinajstić information content (AvgIpc) is 2.50. The number of Topliss-reactive ketones (excluding diaryl/α,β-unsaturated/α-hetero) is 1. The third-order valence-corrected chi connectivity index (χ3v) is 4.57. The zero-order chi connectivity index (χ0) is 18.1. The molecule has 0 amide bonds. The molecule has 0 radical (unpaired) electrons. The standard InChI is InChI=1S/C17H34N4O3/c1-15(2)16(22)13-20-9-7-18(3)5-6-19(4)8-10-21(12-11-20)14-17(23)24/h15H,5-14H2,1-4H3,(H,23,24). The van der Waals surface area contributed by atoms with Crippen LogP contribution in [0, 0.1) is 5.92 Å². The molecular weight excluding hydrogens is 308 g/mol. The number of carbonyl (C=O) groups is 2. The third kappa shape index (κ3) is 8.73. The first kappa shape index (κ1) is 21.0. The molecule has 1 N–H and O–H groups in total. The van der Waals surface area contributed by atoms with Gasteiger partial charge in [0.05, 0.1) is 13.1 Å². The number of nitrogens with zero attached hydrogens (tertiary/aromatic N) is 4. The first-order valence-corrected chi connectivity index (χ1v) is 8.84. The SMILES string of the molecule is CC(C)C(=O)CN1CCN(C)CCN(C)CCN(CC(=O)O)CC1. The summed E-state index contributed by atoms with van der Waals surface area (Å²) in [7, 11) is 4.19. The molecule has 0 bridgehead atoms. The summed E-state index contributed by atoms with van der Waals surface area (Å²) in [4.78, 5) is 31.9. The van der Waals surface area contributed by atoms with Crippen LogP contribution in [0.25, 0.3) is 0 Å². The molecule has 0 unspecified atom stereocenters. The van der Waals surface area contributed by atoms with Gasteiger partial charge in [-0.05, 0) is 14.1 Å². The van der Waals surface area contributed by atoms with Gasteiger partial charge in [-0.2, -0.15) is 0 Å². The lowest BCUT2D eigenvalue weighted by Gasteiger charge is -2.31. The van der Waals surface area contributed by atoms with Crippen LogP contribution in [0.5, 0.6) is 0 Å². The third-order valence-electron chi connectivity index (χ3n) is 4.57. The zero-order valence-electron chi connectivity index (χ0n) is 15.7. The molecule has 1 saturated heterocycles. The highest BCUT2D eigenvalue weighted by molar-refractivity contribution is 5.82. The van der Waals surface area contributed by atoms with Gasteiger partial charge in [0.25, 0.3) is 0 Å². The smallest absolute Gasteiger partial charge is 0.317 e. The molecule has 0 aliphatic carbocycles. The van der Waals surface area contributed by atoms with Crippen molar-refractivity contribution >= 4 is 11.8 Å². The van der Waals surface area contributed by atoms with E-state index in [0.29, 0.717) is 13.1 Å². The molecule has 24 heavy (non-hydrogen) atoms. The average molecular weight is 342 g/mol. The molecule has 7 nitrogen and oxygen atoms in total. The maximum absolute atomic E-state index is 12.1. The first-order chi connectivity index (χ1) is 11.3. The van der Waals surface area contributed by atoms with Crippen molar-refractivity contribution in [3.05, 3.63) is 0 Å². The van der Waals surface area contributed by atoms with Gasteiger partial charge in [0.15, 0.2) is 0 Å². The minimum Gasteiger partial charge on any atom is -0.480 e. The van der Waals surface area contributed by atoms with Crippen molar-refractivity contribution < 1.29 is 14.7 Å². The number of carbonyl (C=O) groups excluding carboxylic acids is 1. The lowest BCUT2D eigenvalue weighted by Crippen LogP contribution is -2.46. The van der Waals surface area contributed by atoms with Crippen LogP contribution in [0.4, 0.5) is 0 Å². The molecule has 0 aromatic heterocycles. The van der Waals surface area contributed by atoms with Gasteiger partial charge < -0.3 is 14.9 Å². The minimum atomic E-state index is -0.797. The second kappa shape index (κ2) is 10.8. The summed E-state index contributed by atoms with van der Waals surface area (Å²) in [6.07, 6.45) is 0. The van der Waals surface area contributed by atoms with Gasteiger partial charge in [-0.15, -0.1) is 0 Å². The highest BCUT2D eigenvalue weighted by atomic mass is 16.4. The molecule has 0 aromatic carbocycles. The number of carboxylic acids is 1. The topological polar surface area (TPSA) is 67.3 Å². The largest absolute Gasteiger partial charge is 0.480 e. The molecule has 1 rings (SSSR count). The highest BCUT2D eigenvalue weighted by Gasteiger charge is 2.18. The Hall–Kier alpha value is -1.02. The predicted octanol–water partition coefficient (Wildman–Crippen LogP) is -0.223. The Kier molecular flexibility index (Phi) is 9.43. The maximum Gasteiger partial charge on any atom is 0.317 e. The number of ketones is 1. The second-order valence-electron chi connectivity index (χ2n) is 7.17. The maximum atomic E-state index is 12.1. The molecule has 1 fully saturated rings. The molecule has 0 saturated carbocycles. The molecule has 0 atom stereocenters. The molecule has 140 valence electrons.